The third-order valence-electron chi connectivity index (χ3n) is 4.03. The largest absolute Gasteiger partial charge is 0.429 e. The minimum atomic E-state index is -5.37. The molecule has 0 aliphatic heterocycles. The summed E-state index contributed by atoms with van der Waals surface area (Å²) in [4.78, 5) is 4.04. The van der Waals surface area contributed by atoms with E-state index in [2.05, 4.69) is 9.72 Å². The zero-order valence-electron chi connectivity index (χ0n) is 15.0. The van der Waals surface area contributed by atoms with Gasteiger partial charge < -0.3 is 4.74 Å². The molecule has 0 radical (unpaired) electrons. The summed E-state index contributed by atoms with van der Waals surface area (Å²) in [6.07, 6.45) is -8.31. The van der Waals surface area contributed by atoms with E-state index < -0.39 is 46.6 Å². The number of hydrogen-bond acceptors (Lipinski definition) is 2. The fourth-order valence-electron chi connectivity index (χ4n) is 2.63. The molecule has 0 atom stereocenters. The maximum Gasteiger partial charge on any atom is 0.429 e. The molecule has 0 aliphatic carbocycles. The Kier molecular flexibility index (Phi) is 5.44. The Morgan fingerprint density at radius 1 is 0.800 bits per heavy atom. The van der Waals surface area contributed by atoms with Crippen LogP contribution < -0.4 is 4.74 Å². The number of hydrogen-bond donors (Lipinski definition) is 0. The number of nitrogens with zero attached hydrogens (tertiary/aromatic N) is 1. The average Bonchev–Trinajstić information content (AvgIpc) is 2.59. The Morgan fingerprint density at radius 3 is 1.93 bits per heavy atom. The van der Waals surface area contributed by atoms with Crippen molar-refractivity contribution in [3.63, 3.8) is 0 Å². The third kappa shape index (κ3) is 4.37. The predicted octanol–water partition coefficient (Wildman–Crippen LogP) is 6.62. The van der Waals surface area contributed by atoms with E-state index in [1.54, 1.807) is 19.1 Å². The third-order valence-corrected chi connectivity index (χ3v) is 4.03. The van der Waals surface area contributed by atoms with E-state index >= 15 is 0 Å². The van der Waals surface area contributed by atoms with E-state index in [0.29, 0.717) is 11.8 Å². The number of aryl methyl sites for hydroxylation is 1. The van der Waals surface area contributed by atoms with Crippen LogP contribution in [0.2, 0.25) is 0 Å². The van der Waals surface area contributed by atoms with Gasteiger partial charge in [-0.15, -0.1) is 0 Å². The second-order valence-electron chi connectivity index (χ2n) is 6.29. The van der Waals surface area contributed by atoms with Gasteiger partial charge in [-0.1, -0.05) is 12.1 Å². The molecule has 0 amide bonds. The highest BCUT2D eigenvalue weighted by atomic mass is 19.4. The summed E-state index contributed by atoms with van der Waals surface area (Å²) in [7, 11) is 0. The fraction of sp³-hybridized carbons (Fsp3) is 0.150. The molecule has 0 saturated carbocycles. The molecular formula is C20H11F8NO. The molecule has 0 saturated heterocycles. The van der Waals surface area contributed by atoms with E-state index in [1.165, 1.54) is 6.20 Å². The van der Waals surface area contributed by atoms with Crippen LogP contribution in [0.15, 0.2) is 48.7 Å². The number of aromatic nitrogens is 1. The van der Waals surface area contributed by atoms with Crippen molar-refractivity contribution in [3.05, 3.63) is 82.8 Å². The number of pyridine rings is 1. The summed E-state index contributed by atoms with van der Waals surface area (Å²) >= 11 is 0. The van der Waals surface area contributed by atoms with Crippen molar-refractivity contribution in [2.24, 2.45) is 0 Å². The lowest BCUT2D eigenvalue weighted by Gasteiger charge is -2.20. The molecular weight excluding hydrogens is 422 g/mol. The van der Waals surface area contributed by atoms with Gasteiger partial charge in [0.2, 0.25) is 0 Å². The van der Waals surface area contributed by atoms with Crippen molar-refractivity contribution in [1.29, 1.82) is 0 Å². The molecule has 0 fully saturated rings. The molecule has 0 spiro atoms. The van der Waals surface area contributed by atoms with Gasteiger partial charge in [0.15, 0.2) is 0 Å². The molecule has 2 nitrogen and oxygen atoms in total. The molecule has 3 rings (SSSR count). The van der Waals surface area contributed by atoms with E-state index in [4.69, 9.17) is 0 Å². The van der Waals surface area contributed by atoms with Crippen LogP contribution in [0.1, 0.15) is 16.7 Å². The van der Waals surface area contributed by atoms with Gasteiger partial charge in [-0.25, -0.2) is 13.2 Å². The molecule has 0 unspecified atom stereocenters. The first-order chi connectivity index (χ1) is 13.9. The summed E-state index contributed by atoms with van der Waals surface area (Å²) in [6, 6.07) is 5.69. The molecule has 1 aromatic heterocycles. The van der Waals surface area contributed by atoms with E-state index in [9.17, 15) is 35.1 Å². The molecule has 0 aliphatic rings. The summed E-state index contributed by atoms with van der Waals surface area (Å²) in [6.45, 7) is 1.77. The number of ether oxygens (including phenoxy) is 1. The van der Waals surface area contributed by atoms with Crippen LogP contribution in [0, 0.1) is 24.4 Å². The second kappa shape index (κ2) is 7.58. The van der Waals surface area contributed by atoms with Crippen LogP contribution in [-0.2, 0) is 12.3 Å². The Bertz CT molecular complexity index is 1050. The quantitative estimate of drug-likeness (QED) is 0.432. The van der Waals surface area contributed by atoms with Crippen molar-refractivity contribution in [2.45, 2.75) is 19.2 Å². The zero-order valence-corrected chi connectivity index (χ0v) is 15.0. The maximum absolute atomic E-state index is 14.3. The molecule has 2 aromatic carbocycles. The first kappa shape index (κ1) is 21.5. The summed E-state index contributed by atoms with van der Waals surface area (Å²) in [5.74, 6) is -6.94. The Labute approximate surface area is 164 Å². The fourth-order valence-corrected chi connectivity index (χ4v) is 2.63. The lowest BCUT2D eigenvalue weighted by atomic mass is 10.1. The Hall–Kier alpha value is -3.17. The van der Waals surface area contributed by atoms with Crippen molar-refractivity contribution in [2.75, 3.05) is 0 Å². The first-order valence-corrected chi connectivity index (χ1v) is 8.24. The van der Waals surface area contributed by atoms with Crippen LogP contribution in [0.3, 0.4) is 0 Å². The minimum Gasteiger partial charge on any atom is -0.429 e. The minimum absolute atomic E-state index is 0.0533. The molecule has 158 valence electrons. The Balaban J connectivity index is 1.91. The first-order valence-electron chi connectivity index (χ1n) is 8.24. The zero-order chi connectivity index (χ0) is 22.3. The maximum atomic E-state index is 14.3. The van der Waals surface area contributed by atoms with Crippen LogP contribution in [0.25, 0.3) is 11.3 Å². The monoisotopic (exact) mass is 433 g/mol. The van der Waals surface area contributed by atoms with Gasteiger partial charge in [0.05, 0.1) is 11.3 Å². The van der Waals surface area contributed by atoms with Gasteiger partial charge in [-0.05, 0) is 30.7 Å². The second-order valence-corrected chi connectivity index (χ2v) is 6.29. The number of halogens is 8. The standard InChI is InChI=1S/C20H11F8NO/c1-10-2-5-17(29-9-10)11-3-4-13(14(21)6-11)20(27,28)30-12-7-15(22)18(16(23)8-12)19(24,25)26/h2-9H,1H3. The summed E-state index contributed by atoms with van der Waals surface area (Å²) < 4.78 is 112. The van der Waals surface area contributed by atoms with Crippen LogP contribution in [0.4, 0.5) is 35.1 Å². The van der Waals surface area contributed by atoms with Gasteiger partial charge in [0.1, 0.15) is 28.8 Å². The van der Waals surface area contributed by atoms with Gasteiger partial charge in [-0.3, -0.25) is 4.98 Å². The smallest absolute Gasteiger partial charge is 0.429 e. The van der Waals surface area contributed by atoms with Crippen LogP contribution in [-0.4, -0.2) is 4.98 Å². The van der Waals surface area contributed by atoms with Crippen molar-refractivity contribution in [3.8, 4) is 17.0 Å². The van der Waals surface area contributed by atoms with Crippen LogP contribution >= 0.6 is 0 Å². The van der Waals surface area contributed by atoms with Crippen molar-refractivity contribution < 1.29 is 39.9 Å². The topological polar surface area (TPSA) is 22.1 Å². The molecule has 10 heteroatoms. The average molecular weight is 433 g/mol. The Morgan fingerprint density at radius 2 is 1.43 bits per heavy atom. The normalized spacial score (nSPS) is 12.2. The van der Waals surface area contributed by atoms with Crippen molar-refractivity contribution in [1.82, 2.24) is 4.98 Å². The number of benzene rings is 2. The molecule has 3 aromatic rings. The molecule has 1 heterocycles. The summed E-state index contributed by atoms with van der Waals surface area (Å²) in [5.41, 5.74) is -2.22. The molecule has 0 N–H and O–H groups in total. The number of alkyl halides is 5. The highest BCUT2D eigenvalue weighted by Crippen LogP contribution is 2.39. The lowest BCUT2D eigenvalue weighted by Crippen LogP contribution is -2.24. The summed E-state index contributed by atoms with van der Waals surface area (Å²) in [5, 5.41) is 0. The highest BCUT2D eigenvalue weighted by molar-refractivity contribution is 5.60. The van der Waals surface area contributed by atoms with E-state index in [0.717, 1.165) is 17.7 Å². The van der Waals surface area contributed by atoms with Gasteiger partial charge >= 0.3 is 12.3 Å². The number of rotatable bonds is 4. The molecule has 0 bridgehead atoms. The van der Waals surface area contributed by atoms with Crippen LogP contribution in [0.5, 0.6) is 5.75 Å². The lowest BCUT2D eigenvalue weighted by molar-refractivity contribution is -0.187. The SMILES string of the molecule is Cc1ccc(-c2ccc(C(F)(F)Oc3cc(F)c(C(F)(F)F)c(F)c3)c(F)c2)nc1. The van der Waals surface area contributed by atoms with Gasteiger partial charge in [0.25, 0.3) is 0 Å². The predicted molar refractivity (Wildman–Crippen MR) is 90.2 cm³/mol. The van der Waals surface area contributed by atoms with Gasteiger partial charge in [0, 0.05) is 23.9 Å². The molecule has 30 heavy (non-hydrogen) atoms. The highest BCUT2D eigenvalue weighted by Gasteiger charge is 2.41. The van der Waals surface area contributed by atoms with Gasteiger partial charge in [-0.2, -0.15) is 22.0 Å². The van der Waals surface area contributed by atoms with E-state index in [1.807, 2.05) is 0 Å². The van der Waals surface area contributed by atoms with E-state index in [-0.39, 0.29) is 17.7 Å². The van der Waals surface area contributed by atoms with Crippen molar-refractivity contribution >= 4 is 0 Å².